The number of aromatic amines is 1. The fourth-order valence-corrected chi connectivity index (χ4v) is 5.93. The van der Waals surface area contributed by atoms with Crippen LogP contribution >= 0.6 is 11.6 Å². The van der Waals surface area contributed by atoms with Gasteiger partial charge in [-0.1, -0.05) is 23.7 Å². The molecule has 4 aromatic rings. The summed E-state index contributed by atoms with van der Waals surface area (Å²) in [7, 11) is 0. The smallest absolute Gasteiger partial charge is 0.320 e. The minimum Gasteiger partial charge on any atom is -0.391 e. The van der Waals surface area contributed by atoms with E-state index in [1.54, 1.807) is 76.8 Å². The third-order valence-corrected chi connectivity index (χ3v) is 8.39. The van der Waals surface area contributed by atoms with Gasteiger partial charge in [-0.15, -0.1) is 0 Å². The van der Waals surface area contributed by atoms with Crippen LogP contribution in [0.4, 0.5) is 4.79 Å². The van der Waals surface area contributed by atoms with E-state index in [9.17, 15) is 24.3 Å². The number of halogens is 1. The zero-order valence-corrected chi connectivity index (χ0v) is 24.0. The topological polar surface area (TPSA) is 140 Å². The van der Waals surface area contributed by atoms with Crippen molar-refractivity contribution in [2.75, 3.05) is 26.2 Å². The SMILES string of the molecule is O=C(N[C@H]1CN(C(=O)N2CCC(O)C2)CC[C@H]1NC(=O)c1ccc2c(Cl)c[nH]c2c1)c1ccc(-n2ccccc2=O)cc1. The first-order chi connectivity index (χ1) is 20.8. The number of likely N-dealkylation sites (tertiary alicyclic amines) is 2. The Labute approximate surface area is 252 Å². The Morgan fingerprint density at radius 3 is 2.30 bits per heavy atom. The summed E-state index contributed by atoms with van der Waals surface area (Å²) in [6, 6.07) is 15.5. The van der Waals surface area contributed by atoms with Crippen molar-refractivity contribution in [1.29, 1.82) is 0 Å². The molecule has 0 bridgehead atoms. The minimum absolute atomic E-state index is 0.185. The van der Waals surface area contributed by atoms with Crippen molar-refractivity contribution >= 4 is 40.3 Å². The van der Waals surface area contributed by atoms with Gasteiger partial charge in [0.05, 0.1) is 23.2 Å². The number of H-pyrrole nitrogens is 1. The van der Waals surface area contributed by atoms with Crippen molar-refractivity contribution in [3.05, 3.63) is 99.6 Å². The number of nitrogens with one attached hydrogen (secondary N) is 3. The lowest BCUT2D eigenvalue weighted by molar-refractivity contribution is 0.0808. The van der Waals surface area contributed by atoms with Crippen LogP contribution < -0.4 is 16.2 Å². The van der Waals surface area contributed by atoms with Crippen molar-refractivity contribution in [2.45, 2.75) is 31.0 Å². The van der Waals surface area contributed by atoms with Crippen LogP contribution in [0.1, 0.15) is 33.6 Å². The molecule has 0 saturated carbocycles. The zero-order chi connectivity index (χ0) is 30.1. The molecule has 0 spiro atoms. The van der Waals surface area contributed by atoms with Gasteiger partial charge in [0, 0.05) is 72.4 Å². The van der Waals surface area contributed by atoms with Crippen LogP contribution in [0.25, 0.3) is 16.6 Å². The van der Waals surface area contributed by atoms with E-state index in [2.05, 4.69) is 15.6 Å². The van der Waals surface area contributed by atoms with Crippen molar-refractivity contribution < 1.29 is 19.5 Å². The van der Waals surface area contributed by atoms with Gasteiger partial charge in [0.2, 0.25) is 0 Å². The molecule has 0 radical (unpaired) electrons. The van der Waals surface area contributed by atoms with Crippen molar-refractivity contribution in [3.63, 3.8) is 0 Å². The first-order valence-corrected chi connectivity index (χ1v) is 14.5. The average molecular weight is 603 g/mol. The van der Waals surface area contributed by atoms with Crippen molar-refractivity contribution in [2.24, 2.45) is 0 Å². The number of amides is 4. The lowest BCUT2D eigenvalue weighted by atomic mass is 9.98. The number of carbonyl (C=O) groups is 3. The molecule has 2 saturated heterocycles. The predicted molar refractivity (Wildman–Crippen MR) is 162 cm³/mol. The monoisotopic (exact) mass is 602 g/mol. The highest BCUT2D eigenvalue weighted by Gasteiger charge is 2.37. The number of benzene rings is 2. The highest BCUT2D eigenvalue weighted by molar-refractivity contribution is 6.35. The molecule has 43 heavy (non-hydrogen) atoms. The van der Waals surface area contributed by atoms with Crippen molar-refractivity contribution in [1.82, 2.24) is 30.0 Å². The lowest BCUT2D eigenvalue weighted by Gasteiger charge is -2.40. The number of carbonyl (C=O) groups excluding carboxylic acids is 3. The number of aliphatic hydroxyl groups is 1. The third kappa shape index (κ3) is 5.99. The van der Waals surface area contributed by atoms with Gasteiger partial charge in [-0.2, -0.15) is 0 Å². The fourth-order valence-electron chi connectivity index (χ4n) is 5.71. The number of piperidine rings is 1. The highest BCUT2D eigenvalue weighted by Crippen LogP contribution is 2.24. The number of hydrogen-bond acceptors (Lipinski definition) is 5. The van der Waals surface area contributed by atoms with Crippen molar-refractivity contribution in [3.8, 4) is 5.69 Å². The number of pyridine rings is 1. The van der Waals surface area contributed by atoms with Crippen LogP contribution in [0.5, 0.6) is 0 Å². The fraction of sp³-hybridized carbons (Fsp3) is 0.290. The first kappa shape index (κ1) is 28.5. The summed E-state index contributed by atoms with van der Waals surface area (Å²) in [6.45, 7) is 1.31. The van der Waals surface area contributed by atoms with E-state index in [-0.39, 0.29) is 36.5 Å². The van der Waals surface area contributed by atoms with E-state index in [1.807, 2.05) is 0 Å². The number of aromatic nitrogens is 2. The largest absolute Gasteiger partial charge is 0.391 e. The molecular weight excluding hydrogens is 572 g/mol. The molecule has 6 rings (SSSR count). The second-order valence-corrected chi connectivity index (χ2v) is 11.3. The summed E-state index contributed by atoms with van der Waals surface area (Å²) in [5, 5.41) is 17.4. The van der Waals surface area contributed by atoms with E-state index < -0.39 is 18.2 Å². The van der Waals surface area contributed by atoms with E-state index in [1.165, 1.54) is 10.6 Å². The lowest BCUT2D eigenvalue weighted by Crippen LogP contribution is -2.62. The number of rotatable bonds is 5. The van der Waals surface area contributed by atoms with Gasteiger partial charge in [-0.25, -0.2) is 4.79 Å². The standard InChI is InChI=1S/C31H31ClN6O5/c32-24-16-33-26-15-20(6-9-23(24)26)30(42)34-25-11-14-37(31(43)36-13-10-22(39)17-36)18-27(25)35-29(41)19-4-7-21(8-5-19)38-12-2-1-3-28(38)40/h1-9,12,15-16,22,25,27,33,39H,10-11,13-14,17-18H2,(H,34,42)(H,35,41)/t22?,25-,27+/m1/s1. The first-order valence-electron chi connectivity index (χ1n) is 14.2. The van der Waals surface area contributed by atoms with E-state index in [0.29, 0.717) is 47.8 Å². The summed E-state index contributed by atoms with van der Waals surface area (Å²) >= 11 is 6.18. The Bertz CT molecular complexity index is 1730. The number of β-amino-alcohol motifs (C(OH)–C–C–N with tert-alkyl or cyclic N) is 1. The molecule has 11 nitrogen and oxygen atoms in total. The maximum atomic E-state index is 13.4. The normalized spacial score (nSPS) is 20.3. The summed E-state index contributed by atoms with van der Waals surface area (Å²) in [4.78, 5) is 58.4. The van der Waals surface area contributed by atoms with E-state index in [0.717, 1.165) is 10.9 Å². The summed E-state index contributed by atoms with van der Waals surface area (Å²) < 4.78 is 1.48. The van der Waals surface area contributed by atoms with Crippen LogP contribution in [0.2, 0.25) is 5.02 Å². The van der Waals surface area contributed by atoms with Gasteiger partial charge in [0.1, 0.15) is 0 Å². The molecule has 3 atom stereocenters. The minimum atomic E-state index is -0.582. The quantitative estimate of drug-likeness (QED) is 0.278. The number of urea groups is 1. The summed E-state index contributed by atoms with van der Waals surface area (Å²) in [5.74, 6) is -0.679. The number of hydrogen-bond donors (Lipinski definition) is 4. The molecule has 12 heteroatoms. The predicted octanol–water partition coefficient (Wildman–Crippen LogP) is 2.76. The Balaban J connectivity index is 1.20. The van der Waals surface area contributed by atoms with Gasteiger partial charge in [0.25, 0.3) is 17.4 Å². The van der Waals surface area contributed by atoms with Crippen LogP contribution in [-0.2, 0) is 0 Å². The van der Waals surface area contributed by atoms with Gasteiger partial charge < -0.3 is 30.5 Å². The Morgan fingerprint density at radius 1 is 0.860 bits per heavy atom. The molecule has 1 unspecified atom stereocenters. The Morgan fingerprint density at radius 2 is 1.56 bits per heavy atom. The zero-order valence-electron chi connectivity index (χ0n) is 23.2. The maximum absolute atomic E-state index is 13.4. The van der Waals surface area contributed by atoms with Gasteiger partial charge in [-0.05, 0) is 55.3 Å². The van der Waals surface area contributed by atoms with E-state index >= 15 is 0 Å². The summed E-state index contributed by atoms with van der Waals surface area (Å²) in [5.41, 5.74) is 1.98. The number of nitrogens with zero attached hydrogens (tertiary/aromatic N) is 3. The highest BCUT2D eigenvalue weighted by atomic mass is 35.5. The van der Waals surface area contributed by atoms with Gasteiger partial charge in [-0.3, -0.25) is 19.0 Å². The molecule has 222 valence electrons. The molecule has 4 N–H and O–H groups in total. The molecule has 2 aromatic carbocycles. The Hall–Kier alpha value is -4.61. The average Bonchev–Trinajstić information content (AvgIpc) is 3.62. The molecule has 2 aliphatic heterocycles. The molecule has 2 fully saturated rings. The Kier molecular flexibility index (Phi) is 7.92. The number of aliphatic hydroxyl groups excluding tert-OH is 1. The second-order valence-electron chi connectivity index (χ2n) is 10.9. The molecule has 4 amide bonds. The van der Waals surface area contributed by atoms with Crippen LogP contribution in [0, 0.1) is 0 Å². The second kappa shape index (κ2) is 11.9. The number of fused-ring (bicyclic) bond motifs is 1. The van der Waals surface area contributed by atoms with Crippen LogP contribution in [0.15, 0.2) is 77.9 Å². The third-order valence-electron chi connectivity index (χ3n) is 8.07. The van der Waals surface area contributed by atoms with E-state index in [4.69, 9.17) is 11.6 Å². The van der Waals surface area contributed by atoms with Crippen LogP contribution in [0.3, 0.4) is 0 Å². The molecule has 4 heterocycles. The van der Waals surface area contributed by atoms with Crippen LogP contribution in [-0.4, -0.2) is 86.7 Å². The maximum Gasteiger partial charge on any atom is 0.320 e. The molecular formula is C31H31ClN6O5. The van der Waals surface area contributed by atoms with Gasteiger partial charge in [0.15, 0.2) is 0 Å². The summed E-state index contributed by atoms with van der Waals surface area (Å²) in [6.07, 6.45) is 3.72. The molecule has 2 aromatic heterocycles. The molecule has 0 aliphatic carbocycles. The molecule has 2 aliphatic rings. The van der Waals surface area contributed by atoms with Gasteiger partial charge >= 0.3 is 6.03 Å².